The number of hydrogen-bond acceptors (Lipinski definition) is 3. The van der Waals surface area contributed by atoms with E-state index in [9.17, 15) is 0 Å². The van der Waals surface area contributed by atoms with Gasteiger partial charge in [-0.15, -0.1) is 11.8 Å². The van der Waals surface area contributed by atoms with Crippen LogP contribution in [0.2, 0.25) is 0 Å². The van der Waals surface area contributed by atoms with Gasteiger partial charge in [-0.25, -0.2) is 4.99 Å². The highest BCUT2D eigenvalue weighted by Gasteiger charge is 2.07. The summed E-state index contributed by atoms with van der Waals surface area (Å²) in [5, 5.41) is 0.490. The molecule has 0 saturated heterocycles. The van der Waals surface area contributed by atoms with Gasteiger partial charge < -0.3 is 17.2 Å². The lowest BCUT2D eigenvalue weighted by Gasteiger charge is -2.09. The molecule has 6 heteroatoms. The molecule has 0 aliphatic heterocycles. The van der Waals surface area contributed by atoms with Gasteiger partial charge in [-0.3, -0.25) is 0 Å². The van der Waals surface area contributed by atoms with Crippen LogP contribution in [-0.4, -0.2) is 16.2 Å². The molecule has 17 heavy (non-hydrogen) atoms. The van der Waals surface area contributed by atoms with E-state index in [4.69, 9.17) is 17.2 Å². The van der Waals surface area contributed by atoms with Crippen LogP contribution in [0.25, 0.3) is 0 Å². The molecule has 1 aromatic carbocycles. The maximum atomic E-state index is 5.84. The number of hydrogen-bond donors (Lipinski definition) is 3. The van der Waals surface area contributed by atoms with Crippen molar-refractivity contribution in [3.63, 3.8) is 0 Å². The van der Waals surface area contributed by atoms with E-state index >= 15 is 0 Å². The molecule has 0 amide bonds. The first-order chi connectivity index (χ1) is 7.90. The van der Waals surface area contributed by atoms with Gasteiger partial charge in [0.2, 0.25) is 0 Å². The van der Waals surface area contributed by atoms with E-state index in [1.54, 1.807) is 11.8 Å². The maximum Gasteiger partial charge on any atom is 0.192 e. The molecule has 0 saturated carbocycles. The minimum atomic E-state index is 0.00353. The SMILES string of the molecule is CC(C)Sc1ccc(N)c(C(N)=NC(N)=S)c1. The van der Waals surface area contributed by atoms with Crippen LogP contribution in [0, 0.1) is 0 Å². The summed E-state index contributed by atoms with van der Waals surface area (Å²) in [6.07, 6.45) is 0. The second kappa shape index (κ2) is 5.88. The van der Waals surface area contributed by atoms with Crippen molar-refractivity contribution in [2.24, 2.45) is 16.5 Å². The second-order valence-electron chi connectivity index (χ2n) is 3.75. The van der Waals surface area contributed by atoms with Crippen LogP contribution in [0.4, 0.5) is 5.69 Å². The lowest BCUT2D eigenvalue weighted by atomic mass is 10.1. The number of nitrogen functional groups attached to an aromatic ring is 1. The molecule has 0 spiro atoms. The molecule has 0 radical (unpaired) electrons. The molecule has 0 aliphatic carbocycles. The highest BCUT2D eigenvalue weighted by molar-refractivity contribution is 7.99. The van der Waals surface area contributed by atoms with Crippen molar-refractivity contribution in [2.45, 2.75) is 24.0 Å². The first-order valence-corrected chi connectivity index (χ1v) is 6.39. The Balaban J connectivity index is 3.10. The van der Waals surface area contributed by atoms with E-state index in [-0.39, 0.29) is 10.9 Å². The predicted molar refractivity (Wildman–Crippen MR) is 79.4 cm³/mol. The lowest BCUT2D eigenvalue weighted by Crippen LogP contribution is -2.19. The van der Waals surface area contributed by atoms with Gasteiger partial charge in [-0.1, -0.05) is 13.8 Å². The van der Waals surface area contributed by atoms with Gasteiger partial charge in [0.15, 0.2) is 5.11 Å². The largest absolute Gasteiger partial charge is 0.398 e. The number of anilines is 1. The molecule has 1 rings (SSSR count). The zero-order valence-corrected chi connectivity index (χ0v) is 11.4. The Hall–Kier alpha value is -1.27. The molecular formula is C11H16N4S2. The van der Waals surface area contributed by atoms with E-state index in [1.807, 2.05) is 18.2 Å². The number of thiocarbonyl (C=S) groups is 1. The topological polar surface area (TPSA) is 90.4 Å². The molecule has 0 fully saturated rings. The normalized spacial score (nSPS) is 11.8. The van der Waals surface area contributed by atoms with Crippen molar-refractivity contribution >= 4 is 40.6 Å². The fourth-order valence-electron chi connectivity index (χ4n) is 1.28. The minimum Gasteiger partial charge on any atom is -0.398 e. The van der Waals surface area contributed by atoms with Gasteiger partial charge in [0.25, 0.3) is 0 Å². The van der Waals surface area contributed by atoms with Crippen LogP contribution in [0.1, 0.15) is 19.4 Å². The summed E-state index contributed by atoms with van der Waals surface area (Å²) in [5.41, 5.74) is 18.2. The van der Waals surface area contributed by atoms with Gasteiger partial charge >= 0.3 is 0 Å². The summed E-state index contributed by atoms with van der Waals surface area (Å²) in [4.78, 5) is 4.93. The molecule has 0 bridgehead atoms. The molecule has 0 heterocycles. The quantitative estimate of drug-likeness (QED) is 0.255. The van der Waals surface area contributed by atoms with Crippen LogP contribution < -0.4 is 17.2 Å². The van der Waals surface area contributed by atoms with Crippen LogP contribution in [0.3, 0.4) is 0 Å². The Bertz CT molecular complexity index is 455. The Kier molecular flexibility index (Phi) is 4.77. The lowest BCUT2D eigenvalue weighted by molar-refractivity contribution is 1.11. The number of thioether (sulfide) groups is 1. The molecule has 92 valence electrons. The van der Waals surface area contributed by atoms with Crippen molar-refractivity contribution in [3.8, 4) is 0 Å². The number of rotatable bonds is 3. The van der Waals surface area contributed by atoms with Gasteiger partial charge in [-0.2, -0.15) is 0 Å². The van der Waals surface area contributed by atoms with Crippen molar-refractivity contribution in [1.82, 2.24) is 0 Å². The summed E-state index contributed by atoms with van der Waals surface area (Å²) in [7, 11) is 0. The van der Waals surface area contributed by atoms with E-state index in [0.29, 0.717) is 16.5 Å². The summed E-state index contributed by atoms with van der Waals surface area (Å²) in [6.45, 7) is 4.24. The number of benzene rings is 1. The Morgan fingerprint density at radius 2 is 2.00 bits per heavy atom. The van der Waals surface area contributed by atoms with Gasteiger partial charge in [0.1, 0.15) is 5.84 Å². The standard InChI is InChI=1S/C11H16N4S2/c1-6(2)17-7-3-4-9(12)8(5-7)10(13)15-11(14)16/h3-6H,12H2,1-2H3,(H4,13,14,15,16). The number of amidine groups is 1. The molecule has 0 atom stereocenters. The van der Waals surface area contributed by atoms with E-state index < -0.39 is 0 Å². The van der Waals surface area contributed by atoms with Crippen LogP contribution in [-0.2, 0) is 0 Å². The average Bonchev–Trinajstić information content (AvgIpc) is 2.19. The highest BCUT2D eigenvalue weighted by Crippen LogP contribution is 2.26. The molecule has 4 nitrogen and oxygen atoms in total. The zero-order chi connectivity index (χ0) is 13.0. The predicted octanol–water partition coefficient (Wildman–Crippen LogP) is 1.72. The van der Waals surface area contributed by atoms with Gasteiger partial charge in [0, 0.05) is 21.4 Å². The van der Waals surface area contributed by atoms with Crippen LogP contribution in [0.15, 0.2) is 28.1 Å². The number of nitrogens with zero attached hydrogens (tertiary/aromatic N) is 1. The number of nitrogens with two attached hydrogens (primary N) is 3. The maximum absolute atomic E-state index is 5.84. The highest BCUT2D eigenvalue weighted by atomic mass is 32.2. The fraction of sp³-hybridized carbons (Fsp3) is 0.273. The molecule has 0 aliphatic rings. The van der Waals surface area contributed by atoms with E-state index in [0.717, 1.165) is 4.90 Å². The van der Waals surface area contributed by atoms with Gasteiger partial charge in [0.05, 0.1) is 0 Å². The Labute approximate surface area is 111 Å². The van der Waals surface area contributed by atoms with Crippen molar-refractivity contribution in [3.05, 3.63) is 23.8 Å². The molecule has 0 unspecified atom stereocenters. The number of aliphatic imine (C=N–C) groups is 1. The minimum absolute atomic E-state index is 0.00353. The van der Waals surface area contributed by atoms with E-state index in [1.165, 1.54) is 0 Å². The third-order valence-electron chi connectivity index (χ3n) is 1.90. The Morgan fingerprint density at radius 3 is 2.53 bits per heavy atom. The average molecular weight is 268 g/mol. The van der Waals surface area contributed by atoms with Crippen LogP contribution >= 0.6 is 24.0 Å². The summed E-state index contributed by atoms with van der Waals surface area (Å²) < 4.78 is 0. The van der Waals surface area contributed by atoms with Crippen molar-refractivity contribution < 1.29 is 0 Å². The first kappa shape index (κ1) is 13.8. The monoisotopic (exact) mass is 268 g/mol. The summed E-state index contributed by atoms with van der Waals surface area (Å²) in [5.74, 6) is 0.251. The third kappa shape index (κ3) is 4.24. The molecule has 6 N–H and O–H groups in total. The Morgan fingerprint density at radius 1 is 1.35 bits per heavy atom. The molecular weight excluding hydrogens is 252 g/mol. The smallest absolute Gasteiger partial charge is 0.192 e. The zero-order valence-electron chi connectivity index (χ0n) is 9.81. The van der Waals surface area contributed by atoms with Crippen molar-refractivity contribution in [2.75, 3.05) is 5.73 Å². The third-order valence-corrected chi connectivity index (χ3v) is 2.99. The first-order valence-electron chi connectivity index (χ1n) is 5.10. The van der Waals surface area contributed by atoms with Crippen molar-refractivity contribution in [1.29, 1.82) is 0 Å². The summed E-state index contributed by atoms with van der Waals surface area (Å²) >= 11 is 6.41. The fourth-order valence-corrected chi connectivity index (χ4v) is 2.26. The van der Waals surface area contributed by atoms with Crippen LogP contribution in [0.5, 0.6) is 0 Å². The molecule has 1 aromatic rings. The molecule has 0 aromatic heterocycles. The van der Waals surface area contributed by atoms with Gasteiger partial charge in [-0.05, 0) is 30.4 Å². The van der Waals surface area contributed by atoms with E-state index in [2.05, 4.69) is 31.1 Å². The summed E-state index contributed by atoms with van der Waals surface area (Å²) in [6, 6.07) is 5.66. The second-order valence-corrected chi connectivity index (χ2v) is 5.82.